The van der Waals surface area contributed by atoms with E-state index >= 15 is 0 Å². The fourth-order valence-electron chi connectivity index (χ4n) is 2.73. The van der Waals surface area contributed by atoms with Crippen LogP contribution in [0.4, 0.5) is 0 Å². The summed E-state index contributed by atoms with van der Waals surface area (Å²) < 4.78 is 16.6. The van der Waals surface area contributed by atoms with Crippen molar-refractivity contribution in [2.75, 3.05) is 13.7 Å². The number of carbonyl (C=O) groups is 1. The van der Waals surface area contributed by atoms with Gasteiger partial charge < -0.3 is 14.2 Å². The number of hydrogen-bond acceptors (Lipinski definition) is 5. The first-order valence-corrected chi connectivity index (χ1v) is 9.71. The quantitative estimate of drug-likeness (QED) is 0.298. The summed E-state index contributed by atoms with van der Waals surface area (Å²) >= 11 is 0. The zero-order valence-electron chi connectivity index (χ0n) is 17.3. The van der Waals surface area contributed by atoms with Crippen molar-refractivity contribution in [3.05, 3.63) is 102 Å². The van der Waals surface area contributed by atoms with Crippen LogP contribution in [0, 0.1) is 0 Å². The monoisotopic (exact) mass is 416 g/mol. The lowest BCUT2D eigenvalue weighted by Gasteiger charge is -2.10. The summed E-state index contributed by atoms with van der Waals surface area (Å²) in [6.07, 6.45) is 3.20. The summed E-state index contributed by atoms with van der Waals surface area (Å²) in [7, 11) is 1.52. The molecule has 3 aromatic rings. The lowest BCUT2D eigenvalue weighted by molar-refractivity contribution is 0.0954. The van der Waals surface area contributed by atoms with E-state index in [4.69, 9.17) is 14.2 Å². The number of rotatable bonds is 10. The third kappa shape index (κ3) is 6.47. The standard InChI is InChI=1S/C25H24N2O4/c1-3-14-30-23-13-12-21(16-24(23)29-2)25(28)27-26-17-20-10-7-11-22(15-20)31-18-19-8-5-4-6-9-19/h3-13,15-17H,1,14,18H2,2H3,(H,27,28)/b26-17+. The van der Waals surface area contributed by atoms with Gasteiger partial charge in [0.15, 0.2) is 11.5 Å². The summed E-state index contributed by atoms with van der Waals surface area (Å²) in [6, 6.07) is 22.3. The second-order valence-corrected chi connectivity index (χ2v) is 6.51. The molecular weight excluding hydrogens is 392 g/mol. The van der Waals surface area contributed by atoms with Gasteiger partial charge in [-0.3, -0.25) is 4.79 Å². The largest absolute Gasteiger partial charge is 0.493 e. The highest BCUT2D eigenvalue weighted by atomic mass is 16.5. The second kappa shape index (κ2) is 11.2. The zero-order chi connectivity index (χ0) is 21.9. The molecular formula is C25H24N2O4. The molecule has 1 N–H and O–H groups in total. The summed E-state index contributed by atoms with van der Waals surface area (Å²) in [6.45, 7) is 4.44. The first-order valence-electron chi connectivity index (χ1n) is 9.71. The van der Waals surface area contributed by atoms with Crippen molar-refractivity contribution >= 4 is 12.1 Å². The molecule has 0 aromatic heterocycles. The average molecular weight is 416 g/mol. The first kappa shape index (κ1) is 21.6. The molecule has 0 aliphatic carbocycles. The van der Waals surface area contributed by atoms with Crippen LogP contribution in [0.5, 0.6) is 17.2 Å². The third-order valence-corrected chi connectivity index (χ3v) is 4.27. The molecule has 158 valence electrons. The second-order valence-electron chi connectivity index (χ2n) is 6.51. The highest BCUT2D eigenvalue weighted by Crippen LogP contribution is 2.28. The molecule has 0 saturated carbocycles. The summed E-state index contributed by atoms with van der Waals surface area (Å²) in [5.41, 5.74) is 4.81. The van der Waals surface area contributed by atoms with Crippen molar-refractivity contribution in [3.8, 4) is 17.2 Å². The van der Waals surface area contributed by atoms with E-state index in [0.717, 1.165) is 16.9 Å². The molecule has 0 saturated heterocycles. The fraction of sp³-hybridized carbons (Fsp3) is 0.120. The minimum absolute atomic E-state index is 0.348. The minimum atomic E-state index is -0.360. The molecule has 6 heteroatoms. The number of nitrogens with one attached hydrogen (secondary N) is 1. The first-order chi connectivity index (χ1) is 15.2. The van der Waals surface area contributed by atoms with Gasteiger partial charge in [0.1, 0.15) is 19.0 Å². The number of methoxy groups -OCH3 is 1. The molecule has 0 fully saturated rings. The maximum Gasteiger partial charge on any atom is 0.271 e. The molecule has 3 rings (SSSR count). The Labute approximate surface area is 181 Å². The maximum absolute atomic E-state index is 12.4. The van der Waals surface area contributed by atoms with E-state index in [2.05, 4.69) is 17.1 Å². The highest BCUT2D eigenvalue weighted by molar-refractivity contribution is 5.95. The molecule has 31 heavy (non-hydrogen) atoms. The molecule has 0 aliphatic rings. The van der Waals surface area contributed by atoms with Gasteiger partial charge in [-0.1, -0.05) is 55.1 Å². The smallest absolute Gasteiger partial charge is 0.271 e. The van der Waals surface area contributed by atoms with Crippen molar-refractivity contribution in [3.63, 3.8) is 0 Å². The number of ether oxygens (including phenoxy) is 3. The Morgan fingerprint density at radius 2 is 1.84 bits per heavy atom. The Morgan fingerprint density at radius 3 is 2.61 bits per heavy atom. The normalized spacial score (nSPS) is 10.5. The van der Waals surface area contributed by atoms with Crippen molar-refractivity contribution in [1.29, 1.82) is 0 Å². The van der Waals surface area contributed by atoms with E-state index < -0.39 is 0 Å². The summed E-state index contributed by atoms with van der Waals surface area (Å²) in [5.74, 6) is 1.36. The SMILES string of the molecule is C=CCOc1ccc(C(=O)N/N=C/c2cccc(OCc3ccccc3)c2)cc1OC. The van der Waals surface area contributed by atoms with E-state index in [9.17, 15) is 4.79 Å². The van der Waals surface area contributed by atoms with E-state index in [1.54, 1.807) is 30.5 Å². The number of hydrazone groups is 1. The van der Waals surface area contributed by atoms with E-state index in [1.165, 1.54) is 7.11 Å². The van der Waals surface area contributed by atoms with Gasteiger partial charge >= 0.3 is 0 Å². The molecule has 6 nitrogen and oxygen atoms in total. The van der Waals surface area contributed by atoms with Gasteiger partial charge in [0.2, 0.25) is 0 Å². The van der Waals surface area contributed by atoms with Crippen LogP contribution in [0.15, 0.2) is 90.6 Å². The molecule has 0 radical (unpaired) electrons. The van der Waals surface area contributed by atoms with Gasteiger partial charge in [-0.2, -0.15) is 5.10 Å². The van der Waals surface area contributed by atoms with E-state index in [0.29, 0.717) is 30.3 Å². The number of carbonyl (C=O) groups excluding carboxylic acids is 1. The molecule has 0 unspecified atom stereocenters. The van der Waals surface area contributed by atoms with Gasteiger partial charge in [0.05, 0.1) is 13.3 Å². The fourth-order valence-corrected chi connectivity index (χ4v) is 2.73. The molecule has 3 aromatic carbocycles. The van der Waals surface area contributed by atoms with Gasteiger partial charge in [0, 0.05) is 5.56 Å². The van der Waals surface area contributed by atoms with Crippen LogP contribution in [-0.2, 0) is 6.61 Å². The van der Waals surface area contributed by atoms with E-state index in [1.807, 2.05) is 54.6 Å². The number of nitrogens with zero attached hydrogens (tertiary/aromatic N) is 1. The molecule has 0 atom stereocenters. The van der Waals surface area contributed by atoms with Crippen LogP contribution < -0.4 is 19.6 Å². The Bertz CT molecular complexity index is 1050. The number of hydrogen-bond donors (Lipinski definition) is 1. The lowest BCUT2D eigenvalue weighted by atomic mass is 10.2. The summed E-state index contributed by atoms with van der Waals surface area (Å²) in [5, 5.41) is 4.04. The van der Waals surface area contributed by atoms with Gasteiger partial charge in [-0.15, -0.1) is 0 Å². The molecule has 0 spiro atoms. The van der Waals surface area contributed by atoms with Crippen molar-refractivity contribution in [2.45, 2.75) is 6.61 Å². The third-order valence-electron chi connectivity index (χ3n) is 4.27. The minimum Gasteiger partial charge on any atom is -0.493 e. The number of amides is 1. The highest BCUT2D eigenvalue weighted by Gasteiger charge is 2.10. The Balaban J connectivity index is 1.58. The maximum atomic E-state index is 12.4. The molecule has 0 heterocycles. The van der Waals surface area contributed by atoms with Crippen molar-refractivity contribution in [2.24, 2.45) is 5.10 Å². The number of benzene rings is 3. The van der Waals surface area contributed by atoms with E-state index in [-0.39, 0.29) is 5.91 Å². The molecule has 0 aliphatic heterocycles. The van der Waals surface area contributed by atoms with Crippen LogP contribution in [0.3, 0.4) is 0 Å². The van der Waals surface area contributed by atoms with Crippen LogP contribution in [0.25, 0.3) is 0 Å². The molecule has 1 amide bonds. The zero-order valence-corrected chi connectivity index (χ0v) is 17.3. The van der Waals surface area contributed by atoms with Crippen LogP contribution in [0.1, 0.15) is 21.5 Å². The van der Waals surface area contributed by atoms with Gasteiger partial charge in [-0.05, 0) is 41.5 Å². The average Bonchev–Trinajstić information content (AvgIpc) is 2.82. The van der Waals surface area contributed by atoms with Gasteiger partial charge in [-0.25, -0.2) is 5.43 Å². The van der Waals surface area contributed by atoms with Crippen molar-refractivity contribution in [1.82, 2.24) is 5.43 Å². The Kier molecular flexibility index (Phi) is 7.83. The predicted octanol–water partition coefficient (Wildman–Crippen LogP) is 4.60. The topological polar surface area (TPSA) is 69.2 Å². The Hall–Kier alpha value is -4.06. The Morgan fingerprint density at radius 1 is 1.00 bits per heavy atom. The van der Waals surface area contributed by atoms with Crippen LogP contribution in [-0.4, -0.2) is 25.8 Å². The van der Waals surface area contributed by atoms with Crippen molar-refractivity contribution < 1.29 is 19.0 Å². The summed E-state index contributed by atoms with van der Waals surface area (Å²) in [4.78, 5) is 12.4. The predicted molar refractivity (Wildman–Crippen MR) is 121 cm³/mol. The lowest BCUT2D eigenvalue weighted by Crippen LogP contribution is -2.17. The molecule has 0 bridgehead atoms. The van der Waals surface area contributed by atoms with Gasteiger partial charge in [0.25, 0.3) is 5.91 Å². The van der Waals surface area contributed by atoms with Crippen LogP contribution in [0.2, 0.25) is 0 Å². The van der Waals surface area contributed by atoms with Crippen LogP contribution >= 0.6 is 0 Å².